The van der Waals surface area contributed by atoms with E-state index in [1.807, 2.05) is 31.2 Å². The van der Waals surface area contributed by atoms with Crippen molar-refractivity contribution in [1.29, 1.82) is 0 Å². The van der Waals surface area contributed by atoms with Crippen LogP contribution in [0.15, 0.2) is 52.3 Å². The highest BCUT2D eigenvalue weighted by atomic mass is 35.5. The molecule has 0 atom stereocenters. The lowest BCUT2D eigenvalue weighted by Crippen LogP contribution is -1.92. The summed E-state index contributed by atoms with van der Waals surface area (Å²) in [5, 5.41) is 10.2. The lowest BCUT2D eigenvalue weighted by Gasteiger charge is -2.10. The molecule has 0 aliphatic carbocycles. The molecule has 18 heavy (non-hydrogen) atoms. The fourth-order valence-electron chi connectivity index (χ4n) is 1.48. The first-order valence-electron chi connectivity index (χ1n) is 5.58. The first-order valence-corrected chi connectivity index (χ1v) is 6.77. The van der Waals surface area contributed by atoms with Crippen LogP contribution < -0.4 is 4.74 Å². The minimum Gasteiger partial charge on any atom is -0.508 e. The molecule has 0 saturated heterocycles. The van der Waals surface area contributed by atoms with Crippen LogP contribution in [-0.2, 0) is 0 Å². The molecule has 0 aliphatic rings. The van der Waals surface area contributed by atoms with E-state index >= 15 is 0 Å². The molecule has 0 heterocycles. The quantitative estimate of drug-likeness (QED) is 0.888. The zero-order valence-electron chi connectivity index (χ0n) is 9.89. The Balaban J connectivity index is 2.26. The summed E-state index contributed by atoms with van der Waals surface area (Å²) < 4.78 is 5.53. The van der Waals surface area contributed by atoms with Crippen molar-refractivity contribution in [3.8, 4) is 11.5 Å². The van der Waals surface area contributed by atoms with Crippen LogP contribution in [0, 0.1) is 0 Å². The van der Waals surface area contributed by atoms with Crippen molar-refractivity contribution in [2.75, 3.05) is 6.61 Å². The molecule has 2 rings (SSSR count). The maximum absolute atomic E-state index is 9.54. The van der Waals surface area contributed by atoms with Crippen molar-refractivity contribution < 1.29 is 9.84 Å². The molecule has 0 amide bonds. The van der Waals surface area contributed by atoms with Gasteiger partial charge in [0.25, 0.3) is 0 Å². The Labute approximate surface area is 116 Å². The molecule has 0 unspecified atom stereocenters. The predicted molar refractivity (Wildman–Crippen MR) is 74.9 cm³/mol. The van der Waals surface area contributed by atoms with Crippen LogP contribution in [0.25, 0.3) is 0 Å². The van der Waals surface area contributed by atoms with E-state index in [1.165, 1.54) is 11.8 Å². The van der Waals surface area contributed by atoms with Crippen LogP contribution in [0.5, 0.6) is 11.5 Å². The average Bonchev–Trinajstić information content (AvgIpc) is 2.36. The van der Waals surface area contributed by atoms with Gasteiger partial charge in [-0.15, -0.1) is 0 Å². The molecule has 0 fully saturated rings. The number of hydrogen-bond donors (Lipinski definition) is 1. The summed E-state index contributed by atoms with van der Waals surface area (Å²) in [7, 11) is 0. The molecule has 0 spiro atoms. The summed E-state index contributed by atoms with van der Waals surface area (Å²) >= 11 is 7.38. The van der Waals surface area contributed by atoms with Gasteiger partial charge in [-0.25, -0.2) is 0 Å². The molecule has 0 aliphatic heterocycles. The number of phenolic OH excluding ortho intramolecular Hbond substituents is 1. The third kappa shape index (κ3) is 3.34. The third-order valence-corrected chi connectivity index (χ3v) is 3.57. The third-order valence-electron chi connectivity index (χ3n) is 2.27. The van der Waals surface area contributed by atoms with E-state index in [9.17, 15) is 5.11 Å². The smallest absolute Gasteiger partial charge is 0.133 e. The van der Waals surface area contributed by atoms with Gasteiger partial charge in [0.15, 0.2) is 0 Å². The van der Waals surface area contributed by atoms with Crippen molar-refractivity contribution in [2.45, 2.75) is 16.7 Å². The number of ether oxygens (including phenoxy) is 1. The van der Waals surface area contributed by atoms with E-state index < -0.39 is 0 Å². The minimum atomic E-state index is 0.231. The summed E-state index contributed by atoms with van der Waals surface area (Å²) in [5.41, 5.74) is 0. The van der Waals surface area contributed by atoms with Crippen molar-refractivity contribution in [3.05, 3.63) is 47.5 Å². The largest absolute Gasteiger partial charge is 0.508 e. The lowest BCUT2D eigenvalue weighted by molar-refractivity contribution is 0.331. The van der Waals surface area contributed by atoms with Gasteiger partial charge in [0.05, 0.1) is 11.5 Å². The maximum atomic E-state index is 9.54. The second-order valence-electron chi connectivity index (χ2n) is 3.62. The average molecular weight is 281 g/mol. The van der Waals surface area contributed by atoms with E-state index in [0.29, 0.717) is 11.6 Å². The molecule has 4 heteroatoms. The second kappa shape index (κ2) is 6.03. The first-order chi connectivity index (χ1) is 8.69. The van der Waals surface area contributed by atoms with Gasteiger partial charge in [-0.2, -0.15) is 0 Å². The van der Waals surface area contributed by atoms with Crippen molar-refractivity contribution >= 4 is 23.4 Å². The standard InChI is InChI=1S/C14H13ClO2S/c1-2-17-13-8-5-11(16)9-14(13)18-12-6-3-10(15)4-7-12/h3-9,16H,2H2,1H3. The van der Waals surface area contributed by atoms with E-state index in [0.717, 1.165) is 15.5 Å². The Kier molecular flexibility index (Phi) is 4.39. The van der Waals surface area contributed by atoms with Crippen LogP contribution in [-0.4, -0.2) is 11.7 Å². The highest BCUT2D eigenvalue weighted by Crippen LogP contribution is 2.37. The second-order valence-corrected chi connectivity index (χ2v) is 5.17. The van der Waals surface area contributed by atoms with Gasteiger partial charge in [-0.3, -0.25) is 0 Å². The number of aromatic hydroxyl groups is 1. The Morgan fingerprint density at radius 3 is 2.56 bits per heavy atom. The zero-order chi connectivity index (χ0) is 13.0. The zero-order valence-corrected chi connectivity index (χ0v) is 11.5. The summed E-state index contributed by atoms with van der Waals surface area (Å²) in [6, 6.07) is 12.7. The first kappa shape index (κ1) is 13.1. The van der Waals surface area contributed by atoms with Gasteiger partial charge in [-0.1, -0.05) is 23.4 Å². The number of rotatable bonds is 4. The summed E-state index contributed by atoms with van der Waals surface area (Å²) in [5.74, 6) is 1.00. The lowest BCUT2D eigenvalue weighted by atomic mass is 10.3. The topological polar surface area (TPSA) is 29.5 Å². The Morgan fingerprint density at radius 1 is 1.17 bits per heavy atom. The molecular weight excluding hydrogens is 268 g/mol. The van der Waals surface area contributed by atoms with Crippen molar-refractivity contribution in [1.82, 2.24) is 0 Å². The predicted octanol–water partition coefficient (Wildman–Crippen LogP) is 4.60. The molecule has 0 saturated carbocycles. The highest BCUT2D eigenvalue weighted by molar-refractivity contribution is 7.99. The van der Waals surface area contributed by atoms with Crippen LogP contribution in [0.3, 0.4) is 0 Å². The van der Waals surface area contributed by atoms with Gasteiger partial charge in [-0.05, 0) is 49.4 Å². The minimum absolute atomic E-state index is 0.231. The van der Waals surface area contributed by atoms with E-state index in [-0.39, 0.29) is 5.75 Å². The molecule has 94 valence electrons. The molecule has 0 bridgehead atoms. The molecule has 0 aromatic heterocycles. The van der Waals surface area contributed by atoms with Crippen LogP contribution in [0.2, 0.25) is 5.02 Å². The number of hydrogen-bond acceptors (Lipinski definition) is 3. The summed E-state index contributed by atoms with van der Waals surface area (Å²) in [6.45, 7) is 2.53. The number of halogens is 1. The molecule has 1 N–H and O–H groups in total. The van der Waals surface area contributed by atoms with Gasteiger partial charge in [0, 0.05) is 9.92 Å². The molecule has 2 nitrogen and oxygen atoms in total. The summed E-state index contributed by atoms with van der Waals surface area (Å²) in [4.78, 5) is 1.94. The van der Waals surface area contributed by atoms with E-state index in [1.54, 1.807) is 18.2 Å². The van der Waals surface area contributed by atoms with Gasteiger partial charge in [0.1, 0.15) is 11.5 Å². The SMILES string of the molecule is CCOc1ccc(O)cc1Sc1ccc(Cl)cc1. The maximum Gasteiger partial charge on any atom is 0.133 e. The van der Waals surface area contributed by atoms with Gasteiger partial charge < -0.3 is 9.84 Å². The number of benzene rings is 2. The Hall–Kier alpha value is -1.32. The summed E-state index contributed by atoms with van der Waals surface area (Å²) in [6.07, 6.45) is 0. The molecule has 2 aromatic carbocycles. The fourth-order valence-corrected chi connectivity index (χ4v) is 2.54. The monoisotopic (exact) mass is 280 g/mol. The van der Waals surface area contributed by atoms with Gasteiger partial charge >= 0.3 is 0 Å². The number of phenols is 1. The normalized spacial score (nSPS) is 10.3. The molecular formula is C14H13ClO2S. The van der Waals surface area contributed by atoms with E-state index in [4.69, 9.17) is 16.3 Å². The van der Waals surface area contributed by atoms with Gasteiger partial charge in [0.2, 0.25) is 0 Å². The van der Waals surface area contributed by atoms with Crippen molar-refractivity contribution in [3.63, 3.8) is 0 Å². The van der Waals surface area contributed by atoms with Crippen LogP contribution in [0.1, 0.15) is 6.92 Å². The van der Waals surface area contributed by atoms with Crippen LogP contribution >= 0.6 is 23.4 Å². The Morgan fingerprint density at radius 2 is 1.89 bits per heavy atom. The Bertz CT molecular complexity index is 526. The molecule has 0 radical (unpaired) electrons. The fraction of sp³-hybridized carbons (Fsp3) is 0.143. The highest BCUT2D eigenvalue weighted by Gasteiger charge is 2.07. The van der Waals surface area contributed by atoms with E-state index in [2.05, 4.69) is 0 Å². The van der Waals surface area contributed by atoms with Crippen molar-refractivity contribution in [2.24, 2.45) is 0 Å². The molecule has 2 aromatic rings. The van der Waals surface area contributed by atoms with Crippen LogP contribution in [0.4, 0.5) is 0 Å².